The maximum Gasteiger partial charge on any atom is 0.333 e. The van der Waals surface area contributed by atoms with E-state index in [1.54, 1.807) is 11.8 Å². The molecule has 1 atom stereocenters. The first-order valence-electron chi connectivity index (χ1n) is 10.2. The highest BCUT2D eigenvalue weighted by Gasteiger charge is 2.44. The third-order valence-electron chi connectivity index (χ3n) is 5.93. The average Bonchev–Trinajstić information content (AvgIpc) is 2.93. The fourth-order valence-corrected chi connectivity index (χ4v) is 4.14. The molecular weight excluding hydrogens is 364 g/mol. The van der Waals surface area contributed by atoms with Crippen molar-refractivity contribution >= 4 is 23.3 Å². The molecule has 2 aromatic carbocycles. The van der Waals surface area contributed by atoms with Gasteiger partial charge in [-0.2, -0.15) is 0 Å². The lowest BCUT2D eigenvalue weighted by Gasteiger charge is -2.37. The minimum atomic E-state index is -0.474. The third kappa shape index (κ3) is 3.72. The van der Waals surface area contributed by atoms with Crippen LogP contribution in [0.15, 0.2) is 48.5 Å². The largest absolute Gasteiger partial charge is 0.369 e. The first kappa shape index (κ1) is 19.5. The number of aryl methyl sites for hydroxylation is 2. The Morgan fingerprint density at radius 2 is 1.55 bits per heavy atom. The van der Waals surface area contributed by atoms with Gasteiger partial charge < -0.3 is 4.90 Å². The van der Waals surface area contributed by atoms with Gasteiger partial charge in [-0.25, -0.2) is 9.69 Å². The Morgan fingerprint density at radius 3 is 2.21 bits per heavy atom. The standard InChI is InChI=1S/C23H28N4O2/c1-17-8-10-20(11-9-17)27-19(3)22(28)26(23(27)29)16-24-12-14-25(15-13-24)21-7-5-4-6-18(21)2/h4-11,19H,12-16H2,1-3H3/t19-/m1/s1. The number of para-hydroxylation sites is 1. The number of hydrogen-bond acceptors (Lipinski definition) is 4. The molecule has 0 spiro atoms. The van der Waals surface area contributed by atoms with E-state index in [1.165, 1.54) is 16.2 Å². The maximum absolute atomic E-state index is 13.0. The lowest BCUT2D eigenvalue weighted by molar-refractivity contribution is -0.128. The van der Waals surface area contributed by atoms with Crippen molar-refractivity contribution in [3.63, 3.8) is 0 Å². The van der Waals surface area contributed by atoms with Gasteiger partial charge in [-0.05, 0) is 44.5 Å². The molecule has 0 aromatic heterocycles. The predicted molar refractivity (Wildman–Crippen MR) is 115 cm³/mol. The zero-order chi connectivity index (χ0) is 20.5. The van der Waals surface area contributed by atoms with Crippen LogP contribution in [0.1, 0.15) is 18.1 Å². The van der Waals surface area contributed by atoms with E-state index in [-0.39, 0.29) is 11.9 Å². The molecule has 3 amide bonds. The fraction of sp³-hybridized carbons (Fsp3) is 0.391. The number of nitrogens with zero attached hydrogens (tertiary/aromatic N) is 4. The van der Waals surface area contributed by atoms with Crippen LogP contribution < -0.4 is 9.80 Å². The molecule has 0 bridgehead atoms. The number of rotatable bonds is 4. The SMILES string of the molecule is Cc1ccc(N2C(=O)N(CN3CCN(c4ccccc4C)CC3)C(=O)[C@H]2C)cc1. The quantitative estimate of drug-likeness (QED) is 0.750. The highest BCUT2D eigenvalue weighted by molar-refractivity contribution is 6.14. The summed E-state index contributed by atoms with van der Waals surface area (Å²) in [6.45, 7) is 9.71. The Morgan fingerprint density at radius 1 is 0.897 bits per heavy atom. The van der Waals surface area contributed by atoms with E-state index in [9.17, 15) is 9.59 Å². The van der Waals surface area contributed by atoms with E-state index < -0.39 is 6.04 Å². The van der Waals surface area contributed by atoms with E-state index in [4.69, 9.17) is 0 Å². The molecule has 0 unspecified atom stereocenters. The third-order valence-corrected chi connectivity index (χ3v) is 5.93. The number of carbonyl (C=O) groups excluding carboxylic acids is 2. The molecule has 0 saturated carbocycles. The molecule has 0 radical (unpaired) electrons. The van der Waals surface area contributed by atoms with Crippen LogP contribution in [-0.4, -0.2) is 60.6 Å². The van der Waals surface area contributed by atoms with E-state index >= 15 is 0 Å². The molecule has 6 nitrogen and oxygen atoms in total. The number of amides is 3. The van der Waals surface area contributed by atoms with Gasteiger partial charge in [0.15, 0.2) is 0 Å². The van der Waals surface area contributed by atoms with Crippen molar-refractivity contribution in [3.05, 3.63) is 59.7 Å². The first-order chi connectivity index (χ1) is 14.0. The molecule has 4 rings (SSSR count). The first-order valence-corrected chi connectivity index (χ1v) is 10.2. The molecule has 29 heavy (non-hydrogen) atoms. The van der Waals surface area contributed by atoms with Crippen molar-refractivity contribution in [2.75, 3.05) is 42.6 Å². The smallest absolute Gasteiger partial charge is 0.333 e. The molecule has 2 aromatic rings. The van der Waals surface area contributed by atoms with Crippen LogP contribution in [0.2, 0.25) is 0 Å². The molecule has 2 fully saturated rings. The number of imide groups is 1. The van der Waals surface area contributed by atoms with Crippen LogP contribution in [0.4, 0.5) is 16.2 Å². The van der Waals surface area contributed by atoms with Crippen molar-refractivity contribution in [1.29, 1.82) is 0 Å². The van der Waals surface area contributed by atoms with Gasteiger partial charge in [-0.15, -0.1) is 0 Å². The Labute approximate surface area is 172 Å². The van der Waals surface area contributed by atoms with Crippen molar-refractivity contribution in [2.24, 2.45) is 0 Å². The van der Waals surface area contributed by atoms with Gasteiger partial charge in [0.05, 0.1) is 6.67 Å². The molecule has 0 N–H and O–H groups in total. The minimum absolute atomic E-state index is 0.128. The summed E-state index contributed by atoms with van der Waals surface area (Å²) in [7, 11) is 0. The van der Waals surface area contributed by atoms with E-state index in [1.807, 2.05) is 31.2 Å². The summed E-state index contributed by atoms with van der Waals surface area (Å²) in [4.78, 5) is 33.4. The van der Waals surface area contributed by atoms with Crippen molar-refractivity contribution < 1.29 is 9.59 Å². The van der Waals surface area contributed by atoms with Gasteiger partial charge in [-0.3, -0.25) is 14.6 Å². The molecule has 0 aliphatic carbocycles. The van der Waals surface area contributed by atoms with Gasteiger partial charge in [0.2, 0.25) is 0 Å². The molecule has 6 heteroatoms. The van der Waals surface area contributed by atoms with Crippen LogP contribution in [0, 0.1) is 13.8 Å². The number of anilines is 2. The van der Waals surface area contributed by atoms with Crippen molar-refractivity contribution in [3.8, 4) is 0 Å². The van der Waals surface area contributed by atoms with Crippen molar-refractivity contribution in [1.82, 2.24) is 9.80 Å². The lowest BCUT2D eigenvalue weighted by atomic mass is 10.1. The summed E-state index contributed by atoms with van der Waals surface area (Å²) in [5.41, 5.74) is 4.43. The topological polar surface area (TPSA) is 47.1 Å². The van der Waals surface area contributed by atoms with Gasteiger partial charge in [-0.1, -0.05) is 35.9 Å². The normalized spacial score (nSPS) is 20.7. The van der Waals surface area contributed by atoms with Gasteiger partial charge in [0.1, 0.15) is 6.04 Å². The second-order valence-electron chi connectivity index (χ2n) is 7.96. The summed E-state index contributed by atoms with van der Waals surface area (Å²) < 4.78 is 0. The highest BCUT2D eigenvalue weighted by Crippen LogP contribution is 2.27. The summed E-state index contributed by atoms with van der Waals surface area (Å²) in [5, 5.41) is 0. The van der Waals surface area contributed by atoms with Gasteiger partial charge >= 0.3 is 6.03 Å². The lowest BCUT2D eigenvalue weighted by Crippen LogP contribution is -2.51. The second kappa shape index (κ2) is 7.87. The second-order valence-corrected chi connectivity index (χ2v) is 7.96. The van der Waals surface area contributed by atoms with Crippen LogP contribution in [0.3, 0.4) is 0 Å². The van der Waals surface area contributed by atoms with Crippen LogP contribution in [-0.2, 0) is 4.79 Å². The van der Waals surface area contributed by atoms with E-state index in [2.05, 4.69) is 41.0 Å². The Balaban J connectivity index is 1.41. The van der Waals surface area contributed by atoms with Gasteiger partial charge in [0.25, 0.3) is 5.91 Å². The monoisotopic (exact) mass is 392 g/mol. The summed E-state index contributed by atoms with van der Waals surface area (Å²) in [5.74, 6) is -0.128. The van der Waals surface area contributed by atoms with E-state index in [0.29, 0.717) is 6.67 Å². The Kier molecular flexibility index (Phi) is 5.28. The maximum atomic E-state index is 13.0. The molecule has 152 valence electrons. The minimum Gasteiger partial charge on any atom is -0.369 e. The number of carbonyl (C=O) groups is 2. The summed E-state index contributed by atoms with van der Waals surface area (Å²) >= 11 is 0. The number of benzene rings is 2. The highest BCUT2D eigenvalue weighted by atomic mass is 16.2. The summed E-state index contributed by atoms with van der Waals surface area (Å²) in [6, 6.07) is 15.4. The van der Waals surface area contributed by atoms with Crippen LogP contribution in [0.25, 0.3) is 0 Å². The van der Waals surface area contributed by atoms with Crippen molar-refractivity contribution in [2.45, 2.75) is 26.8 Å². The fourth-order valence-electron chi connectivity index (χ4n) is 4.14. The molecule has 2 saturated heterocycles. The number of urea groups is 1. The zero-order valence-electron chi connectivity index (χ0n) is 17.3. The molecule has 2 heterocycles. The Hall–Kier alpha value is -2.86. The molecule has 2 aliphatic heterocycles. The van der Waals surface area contributed by atoms with E-state index in [0.717, 1.165) is 37.4 Å². The Bertz CT molecular complexity index is 903. The van der Waals surface area contributed by atoms with Crippen LogP contribution in [0.5, 0.6) is 0 Å². The molecule has 2 aliphatic rings. The zero-order valence-corrected chi connectivity index (χ0v) is 17.3. The number of hydrogen-bond donors (Lipinski definition) is 0. The van der Waals surface area contributed by atoms with Gasteiger partial charge in [0, 0.05) is 37.6 Å². The average molecular weight is 393 g/mol. The molecular formula is C23H28N4O2. The predicted octanol–water partition coefficient (Wildman–Crippen LogP) is 3.24. The number of piperazine rings is 1. The summed E-state index contributed by atoms with van der Waals surface area (Å²) in [6.07, 6.45) is 0. The van der Waals surface area contributed by atoms with Crippen LogP contribution >= 0.6 is 0 Å².